The Bertz CT molecular complexity index is 584. The van der Waals surface area contributed by atoms with Crippen LogP contribution >= 0.6 is 11.6 Å². The third-order valence-electron chi connectivity index (χ3n) is 3.26. The maximum Gasteiger partial charge on any atom is 0.142 e. The summed E-state index contributed by atoms with van der Waals surface area (Å²) in [4.78, 5) is 0. The number of methoxy groups -OCH3 is 2. The topological polar surface area (TPSA) is 30.5 Å². The summed E-state index contributed by atoms with van der Waals surface area (Å²) < 4.78 is 10.6. The summed E-state index contributed by atoms with van der Waals surface area (Å²) in [7, 11) is 3.32. The predicted molar refractivity (Wildman–Crippen MR) is 87.8 cm³/mol. The number of halogens is 1. The first kappa shape index (κ1) is 15.5. The lowest BCUT2D eigenvalue weighted by Gasteiger charge is -2.18. The zero-order valence-electron chi connectivity index (χ0n) is 12.5. The van der Waals surface area contributed by atoms with Crippen molar-refractivity contribution in [1.29, 1.82) is 0 Å². The van der Waals surface area contributed by atoms with Crippen LogP contribution in [-0.4, -0.2) is 20.3 Å². The molecule has 2 aromatic carbocycles. The van der Waals surface area contributed by atoms with Gasteiger partial charge in [0.15, 0.2) is 0 Å². The van der Waals surface area contributed by atoms with E-state index in [1.807, 2.05) is 42.5 Å². The van der Waals surface area contributed by atoms with Crippen LogP contribution < -0.4 is 14.8 Å². The van der Waals surface area contributed by atoms with Gasteiger partial charge >= 0.3 is 0 Å². The highest BCUT2D eigenvalue weighted by atomic mass is 35.5. The highest BCUT2D eigenvalue weighted by Gasteiger charge is 2.09. The minimum atomic E-state index is 0.257. The second-order valence-electron chi connectivity index (χ2n) is 4.94. The summed E-state index contributed by atoms with van der Waals surface area (Å²) in [6, 6.07) is 13.9. The Morgan fingerprint density at radius 1 is 1.05 bits per heavy atom. The Morgan fingerprint density at radius 3 is 2.38 bits per heavy atom. The minimum Gasteiger partial charge on any atom is -0.497 e. The second kappa shape index (κ2) is 7.23. The maximum absolute atomic E-state index is 5.90. The van der Waals surface area contributed by atoms with E-state index in [0.29, 0.717) is 0 Å². The highest BCUT2D eigenvalue weighted by molar-refractivity contribution is 6.30. The molecule has 0 aliphatic carbocycles. The van der Waals surface area contributed by atoms with Gasteiger partial charge in [0, 0.05) is 17.1 Å². The Kier molecular flexibility index (Phi) is 5.34. The lowest BCUT2D eigenvalue weighted by atomic mass is 10.1. The van der Waals surface area contributed by atoms with Crippen LogP contribution in [0.4, 0.5) is 5.69 Å². The first-order valence-corrected chi connectivity index (χ1v) is 7.23. The fraction of sp³-hybridized carbons (Fsp3) is 0.294. The van der Waals surface area contributed by atoms with E-state index in [4.69, 9.17) is 21.1 Å². The van der Waals surface area contributed by atoms with E-state index in [9.17, 15) is 0 Å². The number of hydrogen-bond acceptors (Lipinski definition) is 3. The molecule has 0 saturated heterocycles. The van der Waals surface area contributed by atoms with E-state index >= 15 is 0 Å². The van der Waals surface area contributed by atoms with E-state index in [-0.39, 0.29) is 6.04 Å². The van der Waals surface area contributed by atoms with Gasteiger partial charge in [-0.15, -0.1) is 0 Å². The van der Waals surface area contributed by atoms with Crippen molar-refractivity contribution < 1.29 is 9.47 Å². The van der Waals surface area contributed by atoms with Gasteiger partial charge in [-0.1, -0.05) is 23.7 Å². The standard InChI is InChI=1S/C17H20ClNO2/c1-12(10-13-4-6-14(18)7-5-13)19-16-11-15(20-2)8-9-17(16)21-3/h4-9,11-12,19H,10H2,1-3H3. The number of rotatable bonds is 6. The van der Waals surface area contributed by atoms with Crippen molar-refractivity contribution in [1.82, 2.24) is 0 Å². The van der Waals surface area contributed by atoms with Crippen molar-refractivity contribution in [2.24, 2.45) is 0 Å². The quantitative estimate of drug-likeness (QED) is 0.858. The SMILES string of the molecule is COc1ccc(OC)c(NC(C)Cc2ccc(Cl)cc2)c1. The zero-order valence-corrected chi connectivity index (χ0v) is 13.3. The van der Waals surface area contributed by atoms with Crippen molar-refractivity contribution in [3.63, 3.8) is 0 Å². The molecule has 0 bridgehead atoms. The van der Waals surface area contributed by atoms with E-state index < -0.39 is 0 Å². The molecule has 0 fully saturated rings. The summed E-state index contributed by atoms with van der Waals surface area (Å²) in [5.41, 5.74) is 2.17. The van der Waals surface area contributed by atoms with Crippen molar-refractivity contribution in [2.75, 3.05) is 19.5 Å². The fourth-order valence-electron chi connectivity index (χ4n) is 2.22. The van der Waals surface area contributed by atoms with E-state index in [1.54, 1.807) is 14.2 Å². The molecule has 0 amide bonds. The lowest BCUT2D eigenvalue weighted by molar-refractivity contribution is 0.404. The van der Waals surface area contributed by atoms with Crippen LogP contribution in [0.2, 0.25) is 5.02 Å². The average molecular weight is 306 g/mol. The van der Waals surface area contributed by atoms with Crippen LogP contribution in [0.3, 0.4) is 0 Å². The number of nitrogens with one attached hydrogen (secondary N) is 1. The Balaban J connectivity index is 2.07. The molecule has 0 aliphatic heterocycles. The minimum absolute atomic E-state index is 0.257. The molecule has 0 aliphatic rings. The Morgan fingerprint density at radius 2 is 1.76 bits per heavy atom. The molecule has 112 valence electrons. The van der Waals surface area contributed by atoms with Gasteiger partial charge in [-0.25, -0.2) is 0 Å². The molecule has 21 heavy (non-hydrogen) atoms. The molecule has 1 N–H and O–H groups in total. The molecule has 0 heterocycles. The summed E-state index contributed by atoms with van der Waals surface area (Å²) >= 11 is 5.90. The van der Waals surface area contributed by atoms with Gasteiger partial charge in [-0.05, 0) is 43.2 Å². The van der Waals surface area contributed by atoms with Crippen LogP contribution in [0.25, 0.3) is 0 Å². The molecule has 1 unspecified atom stereocenters. The molecular formula is C17H20ClNO2. The Labute approximate surface area is 130 Å². The van der Waals surface area contributed by atoms with Crippen molar-refractivity contribution in [3.05, 3.63) is 53.1 Å². The monoisotopic (exact) mass is 305 g/mol. The molecule has 3 nitrogen and oxygen atoms in total. The molecule has 2 rings (SSSR count). The number of ether oxygens (including phenoxy) is 2. The predicted octanol–water partition coefficient (Wildman–Crippen LogP) is 4.40. The van der Waals surface area contributed by atoms with Gasteiger partial charge in [0.05, 0.1) is 19.9 Å². The number of hydrogen-bond donors (Lipinski definition) is 1. The Hall–Kier alpha value is -1.87. The van der Waals surface area contributed by atoms with Gasteiger partial charge in [0.1, 0.15) is 11.5 Å². The van der Waals surface area contributed by atoms with Crippen molar-refractivity contribution in [3.8, 4) is 11.5 Å². The first-order valence-electron chi connectivity index (χ1n) is 6.85. The molecule has 1 atom stereocenters. The molecule has 2 aromatic rings. The molecular weight excluding hydrogens is 286 g/mol. The average Bonchev–Trinajstić information content (AvgIpc) is 2.49. The largest absolute Gasteiger partial charge is 0.497 e. The summed E-state index contributed by atoms with van der Waals surface area (Å²) in [5, 5.41) is 4.22. The first-order chi connectivity index (χ1) is 10.1. The summed E-state index contributed by atoms with van der Waals surface area (Å²) in [6.07, 6.45) is 0.900. The highest BCUT2D eigenvalue weighted by Crippen LogP contribution is 2.29. The van der Waals surface area contributed by atoms with E-state index in [1.165, 1.54) is 5.56 Å². The second-order valence-corrected chi connectivity index (χ2v) is 5.38. The lowest BCUT2D eigenvalue weighted by Crippen LogP contribution is -2.18. The van der Waals surface area contributed by atoms with Crippen molar-refractivity contribution >= 4 is 17.3 Å². The summed E-state index contributed by atoms with van der Waals surface area (Å²) in [5.74, 6) is 1.61. The molecule has 0 aromatic heterocycles. The molecule has 0 spiro atoms. The number of anilines is 1. The van der Waals surface area contributed by atoms with Gasteiger partial charge in [-0.2, -0.15) is 0 Å². The summed E-state index contributed by atoms with van der Waals surface area (Å²) in [6.45, 7) is 2.13. The fourth-order valence-corrected chi connectivity index (χ4v) is 2.34. The normalized spacial score (nSPS) is 11.8. The molecule has 0 saturated carbocycles. The van der Waals surface area contributed by atoms with Crippen LogP contribution in [0, 0.1) is 0 Å². The molecule has 4 heteroatoms. The van der Waals surface area contributed by atoms with Crippen LogP contribution in [0.5, 0.6) is 11.5 Å². The maximum atomic E-state index is 5.90. The van der Waals surface area contributed by atoms with Crippen LogP contribution in [0.15, 0.2) is 42.5 Å². The van der Waals surface area contributed by atoms with E-state index in [2.05, 4.69) is 12.2 Å². The third kappa shape index (κ3) is 4.30. The van der Waals surface area contributed by atoms with Gasteiger partial charge < -0.3 is 14.8 Å². The van der Waals surface area contributed by atoms with Crippen LogP contribution in [0.1, 0.15) is 12.5 Å². The third-order valence-corrected chi connectivity index (χ3v) is 3.52. The van der Waals surface area contributed by atoms with Gasteiger partial charge in [0.2, 0.25) is 0 Å². The van der Waals surface area contributed by atoms with E-state index in [0.717, 1.165) is 28.6 Å². The van der Waals surface area contributed by atoms with Crippen LogP contribution in [-0.2, 0) is 6.42 Å². The van der Waals surface area contributed by atoms with Crippen molar-refractivity contribution in [2.45, 2.75) is 19.4 Å². The zero-order chi connectivity index (χ0) is 15.2. The molecule has 0 radical (unpaired) electrons. The smallest absolute Gasteiger partial charge is 0.142 e. The number of benzene rings is 2. The van der Waals surface area contributed by atoms with Gasteiger partial charge in [-0.3, -0.25) is 0 Å². The van der Waals surface area contributed by atoms with Gasteiger partial charge in [0.25, 0.3) is 0 Å².